The van der Waals surface area contributed by atoms with Crippen LogP contribution in [0.25, 0.3) is 0 Å². The van der Waals surface area contributed by atoms with E-state index in [2.05, 4.69) is 10.4 Å². The molecule has 6 heteroatoms. The molecule has 0 unspecified atom stereocenters. The molecule has 2 rings (SSSR count). The topological polar surface area (TPSA) is 84.0 Å². The van der Waals surface area contributed by atoms with Crippen molar-refractivity contribution in [2.45, 2.75) is 20.4 Å². The maximum Gasteiger partial charge on any atom is 0.265 e. The molecule has 0 fully saturated rings. The molecule has 0 spiro atoms. The molecular formula is C14H15N3O3. The highest BCUT2D eigenvalue weighted by atomic mass is 16.2. The molecule has 0 atom stereocenters. The zero-order valence-corrected chi connectivity index (χ0v) is 11.3. The van der Waals surface area contributed by atoms with Crippen molar-refractivity contribution in [3.63, 3.8) is 0 Å². The van der Waals surface area contributed by atoms with Gasteiger partial charge >= 0.3 is 0 Å². The molecule has 0 saturated carbocycles. The number of aromatic amines is 1. The Balaban J connectivity index is 2.15. The molecule has 2 N–H and O–H groups in total. The molecule has 1 aromatic heterocycles. The maximum atomic E-state index is 11.9. The Morgan fingerprint density at radius 2 is 1.95 bits per heavy atom. The van der Waals surface area contributed by atoms with Crippen LogP contribution in [0.5, 0.6) is 0 Å². The van der Waals surface area contributed by atoms with Crippen molar-refractivity contribution in [1.29, 1.82) is 0 Å². The van der Waals surface area contributed by atoms with Gasteiger partial charge < -0.3 is 5.32 Å². The Bertz CT molecular complexity index is 759. The van der Waals surface area contributed by atoms with Crippen molar-refractivity contribution in [2.75, 3.05) is 5.32 Å². The van der Waals surface area contributed by atoms with E-state index in [0.29, 0.717) is 5.69 Å². The van der Waals surface area contributed by atoms with Crippen LogP contribution >= 0.6 is 0 Å². The lowest BCUT2D eigenvalue weighted by Gasteiger charge is -2.10. The van der Waals surface area contributed by atoms with Gasteiger partial charge in [-0.3, -0.25) is 19.5 Å². The quantitative estimate of drug-likeness (QED) is 0.867. The van der Waals surface area contributed by atoms with Crippen LogP contribution < -0.4 is 16.4 Å². The average molecular weight is 273 g/mol. The zero-order chi connectivity index (χ0) is 14.7. The largest absolute Gasteiger partial charge is 0.324 e. The minimum Gasteiger partial charge on any atom is -0.324 e. The van der Waals surface area contributed by atoms with Gasteiger partial charge in [-0.2, -0.15) is 0 Å². The van der Waals surface area contributed by atoms with Crippen LogP contribution in [0, 0.1) is 13.8 Å². The van der Waals surface area contributed by atoms with Gasteiger partial charge in [0.1, 0.15) is 6.54 Å². The van der Waals surface area contributed by atoms with Crippen molar-refractivity contribution < 1.29 is 4.79 Å². The number of carbonyl (C=O) groups is 1. The zero-order valence-electron chi connectivity index (χ0n) is 11.3. The fourth-order valence-corrected chi connectivity index (χ4v) is 1.87. The van der Waals surface area contributed by atoms with Gasteiger partial charge in [0.05, 0.1) is 0 Å². The lowest BCUT2D eigenvalue weighted by Crippen LogP contribution is -2.32. The number of carbonyl (C=O) groups excluding carboxylic acids is 1. The summed E-state index contributed by atoms with van der Waals surface area (Å²) in [5, 5.41) is 5.02. The number of anilines is 1. The predicted octanol–water partition coefficient (Wildman–Crippen LogP) is 0.792. The number of hydrogen-bond acceptors (Lipinski definition) is 3. The number of rotatable bonds is 3. The Hall–Kier alpha value is -2.63. The second kappa shape index (κ2) is 5.56. The third-order valence-electron chi connectivity index (χ3n) is 2.85. The average Bonchev–Trinajstić information content (AvgIpc) is 2.37. The fraction of sp³-hybridized carbons (Fsp3) is 0.214. The number of nitrogens with zero attached hydrogens (tertiary/aromatic N) is 1. The van der Waals surface area contributed by atoms with Gasteiger partial charge in [0.15, 0.2) is 0 Å². The molecule has 20 heavy (non-hydrogen) atoms. The summed E-state index contributed by atoms with van der Waals surface area (Å²) in [6.07, 6.45) is 0. The Labute approximate surface area is 115 Å². The molecule has 0 radical (unpaired) electrons. The van der Waals surface area contributed by atoms with E-state index < -0.39 is 11.1 Å². The minimum absolute atomic E-state index is 0.234. The fourth-order valence-electron chi connectivity index (χ4n) is 1.87. The first-order valence-corrected chi connectivity index (χ1v) is 6.13. The molecule has 1 amide bonds. The molecular weight excluding hydrogens is 258 g/mol. The number of amides is 1. The van der Waals surface area contributed by atoms with Gasteiger partial charge in [0.25, 0.3) is 11.1 Å². The highest BCUT2D eigenvalue weighted by molar-refractivity contribution is 5.91. The molecule has 6 nitrogen and oxygen atoms in total. The molecule has 0 saturated heterocycles. The van der Waals surface area contributed by atoms with Gasteiger partial charge in [0, 0.05) is 17.8 Å². The highest BCUT2D eigenvalue weighted by Gasteiger charge is 2.07. The van der Waals surface area contributed by atoms with Crippen LogP contribution in [0.4, 0.5) is 5.69 Å². The Morgan fingerprint density at radius 1 is 1.20 bits per heavy atom. The second-order valence-electron chi connectivity index (χ2n) is 4.60. The molecule has 0 aliphatic carbocycles. The first-order valence-electron chi connectivity index (χ1n) is 6.13. The van der Waals surface area contributed by atoms with E-state index in [1.165, 1.54) is 0 Å². The van der Waals surface area contributed by atoms with Gasteiger partial charge in [-0.15, -0.1) is 0 Å². The van der Waals surface area contributed by atoms with Gasteiger partial charge in [-0.1, -0.05) is 17.7 Å². The summed E-state index contributed by atoms with van der Waals surface area (Å²) in [6, 6.07) is 7.90. The highest BCUT2D eigenvalue weighted by Crippen LogP contribution is 2.15. The number of hydrogen-bond donors (Lipinski definition) is 2. The van der Waals surface area contributed by atoms with E-state index in [9.17, 15) is 14.4 Å². The summed E-state index contributed by atoms with van der Waals surface area (Å²) >= 11 is 0. The van der Waals surface area contributed by atoms with Gasteiger partial charge in [-0.05, 0) is 25.5 Å². The molecule has 1 heterocycles. The van der Waals surface area contributed by atoms with E-state index in [0.717, 1.165) is 27.9 Å². The van der Waals surface area contributed by atoms with E-state index in [-0.39, 0.29) is 12.5 Å². The summed E-state index contributed by atoms with van der Waals surface area (Å²) in [7, 11) is 0. The summed E-state index contributed by atoms with van der Waals surface area (Å²) in [5.74, 6) is -0.374. The minimum atomic E-state index is -0.430. The van der Waals surface area contributed by atoms with Crippen LogP contribution in [-0.4, -0.2) is 15.7 Å². The van der Waals surface area contributed by atoms with Crippen LogP contribution in [0.3, 0.4) is 0 Å². The molecule has 0 aliphatic heterocycles. The summed E-state index contributed by atoms with van der Waals surface area (Å²) in [6.45, 7) is 3.62. The molecule has 0 aliphatic rings. The smallest absolute Gasteiger partial charge is 0.265 e. The molecule has 104 valence electrons. The SMILES string of the molecule is Cc1ccc(NC(=O)Cn2[nH]c(=O)ccc2=O)c(C)c1. The third kappa shape index (κ3) is 3.23. The lowest BCUT2D eigenvalue weighted by molar-refractivity contribution is -0.117. The first-order chi connectivity index (χ1) is 9.45. The monoisotopic (exact) mass is 273 g/mol. The van der Waals surface area contributed by atoms with Gasteiger partial charge in [0.2, 0.25) is 5.91 Å². The molecule has 1 aromatic carbocycles. The van der Waals surface area contributed by atoms with E-state index in [4.69, 9.17) is 0 Å². The van der Waals surface area contributed by atoms with Crippen LogP contribution in [0.15, 0.2) is 39.9 Å². The first kappa shape index (κ1) is 13.8. The molecule has 0 bridgehead atoms. The number of nitrogens with one attached hydrogen (secondary N) is 2. The Kier molecular flexibility index (Phi) is 3.84. The van der Waals surface area contributed by atoms with Crippen LogP contribution in [-0.2, 0) is 11.3 Å². The normalized spacial score (nSPS) is 10.3. The number of H-pyrrole nitrogens is 1. The number of aromatic nitrogens is 2. The van der Waals surface area contributed by atoms with Crippen molar-refractivity contribution in [2.24, 2.45) is 0 Å². The van der Waals surface area contributed by atoms with Crippen molar-refractivity contribution in [1.82, 2.24) is 9.78 Å². The van der Waals surface area contributed by atoms with Gasteiger partial charge in [-0.25, -0.2) is 4.68 Å². The maximum absolute atomic E-state index is 11.9. The predicted molar refractivity (Wildman–Crippen MR) is 75.9 cm³/mol. The van der Waals surface area contributed by atoms with E-state index in [1.807, 2.05) is 26.0 Å². The summed E-state index contributed by atoms with van der Waals surface area (Å²) < 4.78 is 0.973. The summed E-state index contributed by atoms with van der Waals surface area (Å²) in [5.41, 5.74) is 1.87. The Morgan fingerprint density at radius 3 is 2.65 bits per heavy atom. The van der Waals surface area contributed by atoms with E-state index >= 15 is 0 Å². The van der Waals surface area contributed by atoms with Crippen LogP contribution in [0.1, 0.15) is 11.1 Å². The number of aryl methyl sites for hydroxylation is 2. The second-order valence-corrected chi connectivity index (χ2v) is 4.60. The lowest BCUT2D eigenvalue weighted by atomic mass is 10.1. The summed E-state index contributed by atoms with van der Waals surface area (Å²) in [4.78, 5) is 34.5. The number of benzene rings is 1. The van der Waals surface area contributed by atoms with E-state index in [1.54, 1.807) is 6.07 Å². The molecule has 2 aromatic rings. The van der Waals surface area contributed by atoms with Crippen molar-refractivity contribution >= 4 is 11.6 Å². The standard InChI is InChI=1S/C14H15N3O3/c1-9-3-4-11(10(2)7-9)15-13(19)8-17-14(20)6-5-12(18)16-17/h3-7H,8H2,1-2H3,(H,15,19)(H,16,18). The third-order valence-corrected chi connectivity index (χ3v) is 2.85. The van der Waals surface area contributed by atoms with Crippen LogP contribution in [0.2, 0.25) is 0 Å². The van der Waals surface area contributed by atoms with Crippen molar-refractivity contribution in [3.8, 4) is 0 Å². The van der Waals surface area contributed by atoms with Crippen molar-refractivity contribution in [3.05, 3.63) is 62.2 Å².